The number of carbonyl (C=O) groups is 2. The molecule has 1 unspecified atom stereocenters. The van der Waals surface area contributed by atoms with Gasteiger partial charge in [-0.2, -0.15) is 4.31 Å². The highest BCUT2D eigenvalue weighted by atomic mass is 32.2. The first kappa shape index (κ1) is 21.5. The minimum atomic E-state index is -3.62. The normalized spacial score (nSPS) is 21.0. The van der Waals surface area contributed by atoms with Crippen LogP contribution in [0, 0.1) is 0 Å². The number of para-hydroxylation sites is 1. The minimum Gasteiger partial charge on any atom is -0.307 e. The SMILES string of the molecule is CC1Cc2ccccc2N1C(=O)CN1C(=O)CSc2ccc(S(=O)(=O)N3CCCC3)cc21. The molecule has 0 radical (unpaired) electrons. The minimum absolute atomic E-state index is 0.00974. The molecule has 9 heteroatoms. The van der Waals surface area contributed by atoms with Crippen molar-refractivity contribution < 1.29 is 18.0 Å². The van der Waals surface area contributed by atoms with Crippen LogP contribution in [0.25, 0.3) is 0 Å². The first-order chi connectivity index (χ1) is 15.4. The van der Waals surface area contributed by atoms with Crippen LogP contribution in [-0.2, 0) is 26.0 Å². The highest BCUT2D eigenvalue weighted by molar-refractivity contribution is 8.00. The average molecular weight is 472 g/mol. The maximum absolute atomic E-state index is 13.3. The van der Waals surface area contributed by atoms with Gasteiger partial charge in [0, 0.05) is 29.7 Å². The van der Waals surface area contributed by atoms with Crippen LogP contribution in [0.1, 0.15) is 25.3 Å². The monoisotopic (exact) mass is 471 g/mol. The van der Waals surface area contributed by atoms with Gasteiger partial charge in [0.25, 0.3) is 0 Å². The van der Waals surface area contributed by atoms with Crippen LogP contribution in [0.5, 0.6) is 0 Å². The molecule has 7 nitrogen and oxygen atoms in total. The van der Waals surface area contributed by atoms with Gasteiger partial charge in [0.15, 0.2) is 0 Å². The Balaban J connectivity index is 1.46. The molecule has 3 aliphatic rings. The third-order valence-electron chi connectivity index (χ3n) is 6.35. The summed E-state index contributed by atoms with van der Waals surface area (Å²) in [5, 5.41) is 0. The van der Waals surface area contributed by atoms with E-state index in [1.807, 2.05) is 31.2 Å². The lowest BCUT2D eigenvalue weighted by atomic mass is 10.1. The van der Waals surface area contributed by atoms with Crippen LogP contribution in [0.15, 0.2) is 52.3 Å². The molecule has 0 saturated carbocycles. The molecule has 2 aromatic rings. The summed E-state index contributed by atoms with van der Waals surface area (Å²) in [6, 6.07) is 12.7. The molecule has 1 atom stereocenters. The van der Waals surface area contributed by atoms with E-state index in [0.29, 0.717) is 18.8 Å². The predicted molar refractivity (Wildman–Crippen MR) is 125 cm³/mol. The molecule has 2 amide bonds. The first-order valence-electron chi connectivity index (χ1n) is 10.8. The summed E-state index contributed by atoms with van der Waals surface area (Å²) in [7, 11) is -3.62. The van der Waals surface area contributed by atoms with Gasteiger partial charge in [-0.1, -0.05) is 18.2 Å². The first-order valence-corrected chi connectivity index (χ1v) is 13.3. The van der Waals surface area contributed by atoms with E-state index < -0.39 is 10.0 Å². The highest BCUT2D eigenvalue weighted by Gasteiger charge is 2.35. The quantitative estimate of drug-likeness (QED) is 0.685. The lowest BCUT2D eigenvalue weighted by molar-refractivity contribution is -0.121. The number of anilines is 2. The number of carbonyl (C=O) groups excluding carboxylic acids is 2. The van der Waals surface area contributed by atoms with Crippen LogP contribution in [0.2, 0.25) is 0 Å². The summed E-state index contributed by atoms with van der Waals surface area (Å²) in [6.07, 6.45) is 2.49. The van der Waals surface area contributed by atoms with Crippen LogP contribution in [0.4, 0.5) is 11.4 Å². The van der Waals surface area contributed by atoms with Crippen molar-refractivity contribution in [3.63, 3.8) is 0 Å². The van der Waals surface area contributed by atoms with Crippen molar-refractivity contribution >= 4 is 45.0 Å². The molecule has 0 N–H and O–H groups in total. The van der Waals surface area contributed by atoms with Crippen molar-refractivity contribution in [1.82, 2.24) is 4.31 Å². The number of hydrogen-bond donors (Lipinski definition) is 0. The van der Waals surface area contributed by atoms with Crippen LogP contribution < -0.4 is 9.80 Å². The molecular formula is C23H25N3O4S2. The van der Waals surface area contributed by atoms with E-state index in [2.05, 4.69) is 0 Å². The van der Waals surface area contributed by atoms with Gasteiger partial charge in [0.05, 0.1) is 16.3 Å². The fourth-order valence-electron chi connectivity index (χ4n) is 4.75. The van der Waals surface area contributed by atoms with Crippen molar-refractivity contribution in [3.05, 3.63) is 48.0 Å². The van der Waals surface area contributed by atoms with E-state index in [0.717, 1.165) is 35.4 Å². The lowest BCUT2D eigenvalue weighted by Crippen LogP contribution is -2.46. The second-order valence-corrected chi connectivity index (χ2v) is 11.4. The van der Waals surface area contributed by atoms with Gasteiger partial charge < -0.3 is 9.80 Å². The second kappa shape index (κ2) is 8.20. The zero-order valence-electron chi connectivity index (χ0n) is 17.9. The third kappa shape index (κ3) is 3.62. The van der Waals surface area contributed by atoms with Gasteiger partial charge in [0.2, 0.25) is 21.8 Å². The molecule has 1 saturated heterocycles. The van der Waals surface area contributed by atoms with Crippen molar-refractivity contribution in [2.24, 2.45) is 0 Å². The molecular weight excluding hydrogens is 446 g/mol. The Morgan fingerprint density at radius 2 is 1.84 bits per heavy atom. The molecule has 0 bridgehead atoms. The molecule has 0 spiro atoms. The van der Waals surface area contributed by atoms with E-state index in [9.17, 15) is 18.0 Å². The Morgan fingerprint density at radius 3 is 2.62 bits per heavy atom. The Morgan fingerprint density at radius 1 is 1.09 bits per heavy atom. The van der Waals surface area contributed by atoms with E-state index >= 15 is 0 Å². The largest absolute Gasteiger partial charge is 0.307 e. The van der Waals surface area contributed by atoms with Gasteiger partial charge in [-0.25, -0.2) is 8.42 Å². The average Bonchev–Trinajstić information content (AvgIpc) is 3.43. The van der Waals surface area contributed by atoms with Gasteiger partial charge in [-0.15, -0.1) is 11.8 Å². The van der Waals surface area contributed by atoms with Crippen LogP contribution >= 0.6 is 11.8 Å². The summed E-state index contributed by atoms with van der Waals surface area (Å²) in [6.45, 7) is 2.92. The Hall–Kier alpha value is -2.36. The number of fused-ring (bicyclic) bond motifs is 2. The molecule has 32 heavy (non-hydrogen) atoms. The summed E-state index contributed by atoms with van der Waals surface area (Å²) >= 11 is 1.38. The van der Waals surface area contributed by atoms with E-state index in [1.54, 1.807) is 23.1 Å². The summed E-state index contributed by atoms with van der Waals surface area (Å²) in [4.78, 5) is 30.4. The standard InChI is InChI=1S/C23H25N3O4S2/c1-16-12-17-6-2-3-7-19(17)26(16)22(27)14-25-20-13-18(8-9-21(20)31-15-23(25)28)32(29,30)24-10-4-5-11-24/h2-3,6-9,13,16H,4-5,10-12,14-15H2,1H3. The number of hydrogen-bond acceptors (Lipinski definition) is 5. The van der Waals surface area contributed by atoms with Crippen molar-refractivity contribution in [2.75, 3.05) is 35.2 Å². The fraction of sp³-hybridized carbons (Fsp3) is 0.391. The molecule has 168 valence electrons. The smallest absolute Gasteiger partial charge is 0.247 e. The Kier molecular flexibility index (Phi) is 5.51. The maximum atomic E-state index is 13.3. The van der Waals surface area contributed by atoms with Crippen molar-refractivity contribution in [3.8, 4) is 0 Å². The molecule has 0 aromatic heterocycles. The number of thioether (sulfide) groups is 1. The van der Waals surface area contributed by atoms with E-state index in [4.69, 9.17) is 0 Å². The van der Waals surface area contributed by atoms with Gasteiger partial charge in [-0.05, 0) is 56.0 Å². The van der Waals surface area contributed by atoms with Gasteiger partial charge >= 0.3 is 0 Å². The second-order valence-electron chi connectivity index (χ2n) is 8.45. The highest BCUT2D eigenvalue weighted by Crippen LogP contribution is 2.38. The van der Waals surface area contributed by atoms with E-state index in [1.165, 1.54) is 21.0 Å². The van der Waals surface area contributed by atoms with Gasteiger partial charge in [-0.3, -0.25) is 9.59 Å². The topological polar surface area (TPSA) is 78.0 Å². The van der Waals surface area contributed by atoms with Crippen molar-refractivity contribution in [1.29, 1.82) is 0 Å². The van der Waals surface area contributed by atoms with Crippen LogP contribution in [0.3, 0.4) is 0 Å². The molecule has 0 aliphatic carbocycles. The third-order valence-corrected chi connectivity index (χ3v) is 9.29. The number of amides is 2. The van der Waals surface area contributed by atoms with Crippen molar-refractivity contribution in [2.45, 2.75) is 42.0 Å². The summed E-state index contributed by atoms with van der Waals surface area (Å²) in [5.74, 6) is -0.127. The van der Waals surface area contributed by atoms with Crippen LogP contribution in [-0.4, -0.2) is 56.0 Å². The number of rotatable bonds is 4. The maximum Gasteiger partial charge on any atom is 0.247 e. The number of sulfonamides is 1. The number of nitrogens with zero attached hydrogens (tertiary/aromatic N) is 3. The molecule has 1 fully saturated rings. The van der Waals surface area contributed by atoms with E-state index in [-0.39, 0.29) is 35.0 Å². The summed E-state index contributed by atoms with van der Waals surface area (Å²) in [5.41, 5.74) is 2.50. The molecule has 3 aliphatic heterocycles. The molecule has 3 heterocycles. The van der Waals surface area contributed by atoms with Gasteiger partial charge in [0.1, 0.15) is 6.54 Å². The molecule has 2 aromatic carbocycles. The lowest BCUT2D eigenvalue weighted by Gasteiger charge is -2.32. The predicted octanol–water partition coefficient (Wildman–Crippen LogP) is 2.89. The fourth-order valence-corrected chi connectivity index (χ4v) is 7.20. The Bertz CT molecular complexity index is 1190. The Labute approximate surface area is 192 Å². The molecule has 5 rings (SSSR count). The zero-order chi connectivity index (χ0) is 22.5. The zero-order valence-corrected chi connectivity index (χ0v) is 19.5. The summed E-state index contributed by atoms with van der Waals surface area (Å²) < 4.78 is 27.6. The number of benzene rings is 2.